The van der Waals surface area contributed by atoms with E-state index in [2.05, 4.69) is 36.1 Å². The van der Waals surface area contributed by atoms with Crippen molar-refractivity contribution in [3.8, 4) is 0 Å². The second-order valence-corrected chi connectivity index (χ2v) is 5.51. The highest BCUT2D eigenvalue weighted by atomic mass is 16.5. The number of aryl methyl sites for hydroxylation is 1. The zero-order valence-electron chi connectivity index (χ0n) is 11.9. The topological polar surface area (TPSA) is 29.5 Å². The predicted octanol–water partition coefficient (Wildman–Crippen LogP) is 2.68. The molecule has 19 heavy (non-hydrogen) atoms. The molecule has 1 aliphatic heterocycles. The zero-order chi connectivity index (χ0) is 13.7. The van der Waals surface area contributed by atoms with E-state index in [-0.39, 0.29) is 5.41 Å². The molecule has 3 heteroatoms. The van der Waals surface area contributed by atoms with Crippen LogP contribution in [0.15, 0.2) is 24.3 Å². The summed E-state index contributed by atoms with van der Waals surface area (Å²) in [5, 5.41) is 0. The van der Waals surface area contributed by atoms with Gasteiger partial charge in [-0.15, -0.1) is 0 Å². The lowest BCUT2D eigenvalue weighted by Gasteiger charge is -2.36. The van der Waals surface area contributed by atoms with Crippen LogP contribution < -0.4 is 4.90 Å². The molecule has 1 aromatic rings. The summed E-state index contributed by atoms with van der Waals surface area (Å²) in [7, 11) is 2.04. The fraction of sp³-hybridized carbons (Fsp3) is 0.562. The molecule has 1 unspecified atom stereocenters. The van der Waals surface area contributed by atoms with E-state index in [1.165, 1.54) is 5.56 Å². The van der Waals surface area contributed by atoms with Crippen LogP contribution in [-0.4, -0.2) is 33.1 Å². The molecular formula is C16H23NO2. The maximum atomic E-state index is 11.4. The van der Waals surface area contributed by atoms with E-state index < -0.39 is 0 Å². The van der Waals surface area contributed by atoms with Gasteiger partial charge < -0.3 is 14.4 Å². The molecule has 104 valence electrons. The van der Waals surface area contributed by atoms with Gasteiger partial charge in [-0.2, -0.15) is 0 Å². The Hall–Kier alpha value is -1.35. The third-order valence-corrected chi connectivity index (χ3v) is 3.94. The van der Waals surface area contributed by atoms with Crippen LogP contribution in [0.4, 0.5) is 5.69 Å². The van der Waals surface area contributed by atoms with Gasteiger partial charge in [0.25, 0.3) is 0 Å². The van der Waals surface area contributed by atoms with Gasteiger partial charge in [0, 0.05) is 25.9 Å². The van der Waals surface area contributed by atoms with Crippen molar-refractivity contribution in [1.29, 1.82) is 0 Å². The number of benzene rings is 1. The molecule has 0 aliphatic carbocycles. The Morgan fingerprint density at radius 3 is 2.63 bits per heavy atom. The molecular weight excluding hydrogens is 238 g/mol. The second-order valence-electron chi connectivity index (χ2n) is 5.51. The summed E-state index contributed by atoms with van der Waals surface area (Å²) >= 11 is 0. The molecule has 1 atom stereocenters. The minimum absolute atomic E-state index is 0.337. The normalized spacial score (nSPS) is 23.1. The molecule has 1 fully saturated rings. The molecule has 3 nitrogen and oxygen atoms in total. The number of hydrogen-bond donors (Lipinski definition) is 0. The molecule has 0 amide bonds. The van der Waals surface area contributed by atoms with E-state index in [1.54, 1.807) is 0 Å². The predicted molar refractivity (Wildman–Crippen MR) is 77.6 cm³/mol. The first-order valence-electron chi connectivity index (χ1n) is 7.03. The first-order chi connectivity index (χ1) is 9.19. The lowest BCUT2D eigenvalue weighted by atomic mass is 9.83. The first kappa shape index (κ1) is 14.1. The van der Waals surface area contributed by atoms with Gasteiger partial charge in [0.1, 0.15) is 6.29 Å². The lowest BCUT2D eigenvalue weighted by molar-refractivity contribution is -0.122. The summed E-state index contributed by atoms with van der Waals surface area (Å²) in [5.74, 6) is 0. The molecule has 0 N–H and O–H groups in total. The van der Waals surface area contributed by atoms with Crippen molar-refractivity contribution in [1.82, 2.24) is 0 Å². The van der Waals surface area contributed by atoms with Gasteiger partial charge in [-0.3, -0.25) is 0 Å². The van der Waals surface area contributed by atoms with Gasteiger partial charge in [-0.25, -0.2) is 0 Å². The van der Waals surface area contributed by atoms with Gasteiger partial charge in [0.05, 0.1) is 12.0 Å². The van der Waals surface area contributed by atoms with Crippen molar-refractivity contribution < 1.29 is 9.53 Å². The van der Waals surface area contributed by atoms with Crippen LogP contribution in [0.1, 0.15) is 25.3 Å². The summed E-state index contributed by atoms with van der Waals surface area (Å²) in [5.41, 5.74) is 2.16. The van der Waals surface area contributed by atoms with E-state index >= 15 is 0 Å². The van der Waals surface area contributed by atoms with Gasteiger partial charge in [0.15, 0.2) is 0 Å². The van der Waals surface area contributed by atoms with Crippen molar-refractivity contribution in [2.24, 2.45) is 5.41 Å². The number of hydrogen-bond acceptors (Lipinski definition) is 3. The molecule has 1 aliphatic rings. The Balaban J connectivity index is 2.05. The Morgan fingerprint density at radius 1 is 1.37 bits per heavy atom. The summed E-state index contributed by atoms with van der Waals surface area (Å²) < 4.78 is 5.49. The third-order valence-electron chi connectivity index (χ3n) is 3.94. The molecule has 0 radical (unpaired) electrons. The summed E-state index contributed by atoms with van der Waals surface area (Å²) in [6.07, 6.45) is 4.04. The zero-order valence-corrected chi connectivity index (χ0v) is 11.9. The highest BCUT2D eigenvalue weighted by Gasteiger charge is 2.34. The fourth-order valence-electron chi connectivity index (χ4n) is 2.68. The molecule has 0 aromatic heterocycles. The number of carbonyl (C=O) groups is 1. The van der Waals surface area contributed by atoms with Crippen molar-refractivity contribution >= 4 is 12.0 Å². The highest BCUT2D eigenvalue weighted by Crippen LogP contribution is 2.29. The number of anilines is 1. The maximum Gasteiger partial charge on any atom is 0.130 e. The van der Waals surface area contributed by atoms with Crippen LogP contribution in [0.5, 0.6) is 0 Å². The van der Waals surface area contributed by atoms with Crippen LogP contribution in [-0.2, 0) is 16.0 Å². The number of nitrogens with zero attached hydrogens (tertiary/aromatic N) is 1. The van der Waals surface area contributed by atoms with E-state index in [0.29, 0.717) is 6.61 Å². The van der Waals surface area contributed by atoms with Gasteiger partial charge in [-0.1, -0.05) is 19.1 Å². The summed E-state index contributed by atoms with van der Waals surface area (Å²) in [6.45, 7) is 4.21. The Morgan fingerprint density at radius 2 is 2.11 bits per heavy atom. The van der Waals surface area contributed by atoms with Crippen LogP contribution in [0.25, 0.3) is 0 Å². The average molecular weight is 261 g/mol. The first-order valence-corrected chi connectivity index (χ1v) is 7.03. The largest absolute Gasteiger partial charge is 0.380 e. The molecule has 2 rings (SSSR count). The van der Waals surface area contributed by atoms with Crippen molar-refractivity contribution in [2.45, 2.75) is 26.2 Å². The number of ether oxygens (including phenoxy) is 1. The molecule has 0 spiro atoms. The summed E-state index contributed by atoms with van der Waals surface area (Å²) in [4.78, 5) is 13.6. The van der Waals surface area contributed by atoms with E-state index in [4.69, 9.17) is 4.74 Å². The Bertz CT molecular complexity index is 407. The molecule has 0 saturated carbocycles. The minimum Gasteiger partial charge on any atom is -0.380 e. The molecule has 1 heterocycles. The minimum atomic E-state index is -0.337. The fourth-order valence-corrected chi connectivity index (χ4v) is 2.68. The van der Waals surface area contributed by atoms with E-state index in [0.717, 1.165) is 44.4 Å². The highest BCUT2D eigenvalue weighted by molar-refractivity contribution is 5.62. The second kappa shape index (κ2) is 6.20. The standard InChI is InChI=1S/C16H23NO2/c1-3-14-5-7-15(8-6-14)17(2)11-16(12-18)9-4-10-19-13-16/h5-8,12H,3-4,9-11,13H2,1-2H3. The summed E-state index contributed by atoms with van der Waals surface area (Å²) in [6, 6.07) is 8.55. The monoisotopic (exact) mass is 261 g/mol. The molecule has 0 bridgehead atoms. The number of carbonyl (C=O) groups excluding carboxylic acids is 1. The average Bonchev–Trinajstić information content (AvgIpc) is 2.48. The van der Waals surface area contributed by atoms with Crippen LogP contribution in [0, 0.1) is 5.41 Å². The van der Waals surface area contributed by atoms with Crippen LogP contribution in [0.2, 0.25) is 0 Å². The maximum absolute atomic E-state index is 11.4. The lowest BCUT2D eigenvalue weighted by Crippen LogP contribution is -2.43. The van der Waals surface area contributed by atoms with Crippen molar-refractivity contribution in [3.05, 3.63) is 29.8 Å². The van der Waals surface area contributed by atoms with Crippen LogP contribution in [0.3, 0.4) is 0 Å². The SMILES string of the molecule is CCc1ccc(N(C)CC2(C=O)CCCOC2)cc1. The van der Waals surface area contributed by atoms with E-state index in [9.17, 15) is 4.79 Å². The van der Waals surface area contributed by atoms with E-state index in [1.807, 2.05) is 7.05 Å². The van der Waals surface area contributed by atoms with Gasteiger partial charge in [-0.05, 0) is 37.0 Å². The Labute approximate surface area is 115 Å². The molecule has 1 saturated heterocycles. The van der Waals surface area contributed by atoms with Crippen molar-refractivity contribution in [2.75, 3.05) is 31.7 Å². The van der Waals surface area contributed by atoms with Gasteiger partial charge in [0.2, 0.25) is 0 Å². The molecule has 1 aromatic carbocycles. The smallest absolute Gasteiger partial charge is 0.130 e. The van der Waals surface area contributed by atoms with Crippen molar-refractivity contribution in [3.63, 3.8) is 0 Å². The quantitative estimate of drug-likeness (QED) is 0.763. The number of aldehydes is 1. The van der Waals surface area contributed by atoms with Gasteiger partial charge >= 0.3 is 0 Å². The van der Waals surface area contributed by atoms with Crippen LogP contribution >= 0.6 is 0 Å². The Kier molecular flexibility index (Phi) is 4.59. The third kappa shape index (κ3) is 3.35. The number of rotatable bonds is 5.